The maximum Gasteiger partial charge on any atom is 0.217 e. The van der Waals surface area contributed by atoms with Crippen LogP contribution in [-0.2, 0) is 9.53 Å². The van der Waals surface area contributed by atoms with E-state index >= 15 is 0 Å². The van der Waals surface area contributed by atoms with Gasteiger partial charge in [0.05, 0.1) is 19.8 Å². The van der Waals surface area contributed by atoms with E-state index in [1.165, 1.54) is 6.42 Å². The van der Waals surface area contributed by atoms with Crippen molar-refractivity contribution in [1.29, 1.82) is 0 Å². The van der Waals surface area contributed by atoms with Crippen LogP contribution < -0.4 is 14.8 Å². The van der Waals surface area contributed by atoms with Gasteiger partial charge in [-0.25, -0.2) is 0 Å². The number of hydrogen-bond donors (Lipinski definition) is 1. The van der Waals surface area contributed by atoms with E-state index in [9.17, 15) is 4.79 Å². The Balaban J connectivity index is 1.68. The Morgan fingerprint density at radius 1 is 1.32 bits per heavy atom. The van der Waals surface area contributed by atoms with Crippen LogP contribution in [0.5, 0.6) is 11.5 Å². The van der Waals surface area contributed by atoms with Crippen molar-refractivity contribution in [3.8, 4) is 11.5 Å². The first-order valence-electron chi connectivity index (χ1n) is 10.5. The Kier molecular flexibility index (Phi) is 4.85. The zero-order valence-corrected chi connectivity index (χ0v) is 17.7. The predicted molar refractivity (Wildman–Crippen MR) is 108 cm³/mol. The minimum Gasteiger partial charge on any atom is -0.493 e. The van der Waals surface area contributed by atoms with E-state index in [1.54, 1.807) is 14.0 Å². The number of nitrogens with one attached hydrogen (secondary N) is 1. The lowest BCUT2D eigenvalue weighted by molar-refractivity contribution is -0.136. The summed E-state index contributed by atoms with van der Waals surface area (Å²) in [6.07, 6.45) is 3.40. The third kappa shape index (κ3) is 2.81. The fourth-order valence-electron chi connectivity index (χ4n) is 6.46. The molecule has 3 aliphatic rings. The second-order valence-corrected chi connectivity index (χ2v) is 9.32. The molecule has 2 aliphatic carbocycles. The molecular formula is C23H33NO4. The highest BCUT2D eigenvalue weighted by atomic mass is 16.5. The van der Waals surface area contributed by atoms with Gasteiger partial charge in [-0.1, -0.05) is 19.9 Å². The van der Waals surface area contributed by atoms with Crippen LogP contribution >= 0.6 is 0 Å². The molecule has 1 aliphatic heterocycles. The average Bonchev–Trinajstić information content (AvgIpc) is 3.15. The van der Waals surface area contributed by atoms with Crippen molar-refractivity contribution in [3.63, 3.8) is 0 Å². The van der Waals surface area contributed by atoms with Gasteiger partial charge in [0.25, 0.3) is 0 Å². The summed E-state index contributed by atoms with van der Waals surface area (Å²) < 4.78 is 17.6. The summed E-state index contributed by atoms with van der Waals surface area (Å²) in [5.74, 6) is 2.63. The molecule has 0 aromatic heterocycles. The molecule has 5 atom stereocenters. The van der Waals surface area contributed by atoms with E-state index in [0.29, 0.717) is 18.4 Å². The average molecular weight is 388 g/mol. The molecule has 1 amide bonds. The van der Waals surface area contributed by atoms with Gasteiger partial charge in [-0.2, -0.15) is 0 Å². The molecule has 154 valence electrons. The van der Waals surface area contributed by atoms with Gasteiger partial charge in [0.2, 0.25) is 5.91 Å². The smallest absolute Gasteiger partial charge is 0.217 e. The highest BCUT2D eigenvalue weighted by Gasteiger charge is 2.68. The van der Waals surface area contributed by atoms with E-state index in [1.807, 2.05) is 13.0 Å². The van der Waals surface area contributed by atoms with Gasteiger partial charge in [-0.05, 0) is 66.5 Å². The molecule has 3 fully saturated rings. The Morgan fingerprint density at radius 3 is 2.79 bits per heavy atom. The predicted octanol–water partition coefficient (Wildman–Crippen LogP) is 4.11. The number of amides is 1. The number of fused-ring (bicyclic) bond motifs is 1. The van der Waals surface area contributed by atoms with Gasteiger partial charge >= 0.3 is 0 Å². The van der Waals surface area contributed by atoms with Crippen molar-refractivity contribution in [3.05, 3.63) is 23.8 Å². The fourth-order valence-corrected chi connectivity index (χ4v) is 6.46. The zero-order valence-electron chi connectivity index (χ0n) is 17.7. The summed E-state index contributed by atoms with van der Waals surface area (Å²) in [4.78, 5) is 12.0. The molecule has 1 N–H and O–H groups in total. The van der Waals surface area contributed by atoms with Crippen LogP contribution in [0.1, 0.15) is 58.6 Å². The molecule has 28 heavy (non-hydrogen) atoms. The molecule has 4 rings (SSSR count). The van der Waals surface area contributed by atoms with E-state index in [0.717, 1.165) is 36.5 Å². The first-order valence-corrected chi connectivity index (χ1v) is 10.5. The van der Waals surface area contributed by atoms with Crippen molar-refractivity contribution in [2.75, 3.05) is 20.3 Å². The van der Waals surface area contributed by atoms with Crippen LogP contribution in [0.3, 0.4) is 0 Å². The molecule has 1 spiro atoms. The molecule has 1 aromatic rings. The molecule has 1 saturated heterocycles. The first kappa shape index (κ1) is 19.6. The monoisotopic (exact) mass is 387 g/mol. The lowest BCUT2D eigenvalue weighted by Gasteiger charge is -2.53. The first-order chi connectivity index (χ1) is 13.3. The quantitative estimate of drug-likeness (QED) is 0.826. The third-order valence-corrected chi connectivity index (χ3v) is 7.67. The molecular weight excluding hydrogens is 354 g/mol. The summed E-state index contributed by atoms with van der Waals surface area (Å²) in [6.45, 7) is 9.61. The second-order valence-electron chi connectivity index (χ2n) is 9.32. The summed E-state index contributed by atoms with van der Waals surface area (Å²) in [5.41, 5.74) is 1.39. The van der Waals surface area contributed by atoms with Crippen LogP contribution in [0.2, 0.25) is 0 Å². The van der Waals surface area contributed by atoms with Gasteiger partial charge in [-0.15, -0.1) is 0 Å². The van der Waals surface area contributed by atoms with E-state index in [4.69, 9.17) is 14.2 Å². The normalized spacial score (nSPS) is 35.3. The Bertz CT molecular complexity index is 761. The Labute approximate surface area is 168 Å². The number of benzene rings is 1. The molecule has 5 heteroatoms. The van der Waals surface area contributed by atoms with Crippen LogP contribution in [0.15, 0.2) is 18.2 Å². The van der Waals surface area contributed by atoms with Crippen LogP contribution in [0, 0.1) is 22.7 Å². The molecule has 1 aromatic carbocycles. The van der Waals surface area contributed by atoms with Gasteiger partial charge in [0.1, 0.15) is 0 Å². The van der Waals surface area contributed by atoms with Gasteiger partial charge in [0, 0.05) is 19.6 Å². The number of carbonyl (C=O) groups excluding carboxylic acids is 1. The summed E-state index contributed by atoms with van der Waals surface area (Å²) in [6, 6.07) is 6.38. The van der Waals surface area contributed by atoms with E-state index < -0.39 is 0 Å². The number of methoxy groups -OCH3 is 1. The number of ether oxygens (including phenoxy) is 3. The molecule has 2 bridgehead atoms. The number of carbonyl (C=O) groups is 1. The molecule has 0 radical (unpaired) electrons. The number of rotatable bonds is 5. The van der Waals surface area contributed by atoms with E-state index in [2.05, 4.69) is 31.3 Å². The largest absolute Gasteiger partial charge is 0.493 e. The standard InChI is InChI=1S/C23H33NO4/c1-6-27-18-8-7-15(11-19(18)26-5)20-17-12-16-13-23(17,9-10-28-20)21(22(16,3)4)24-14(2)25/h7-8,11,16-17,20-21H,6,9-10,12-13H2,1-5H3,(H,24,25)/t16-,17-,20-,21-,23?/m1/s1. The van der Waals surface area contributed by atoms with Crippen molar-refractivity contribution in [2.45, 2.75) is 59.1 Å². The number of hydrogen-bond acceptors (Lipinski definition) is 4. The molecule has 5 nitrogen and oxygen atoms in total. The minimum atomic E-state index is 0.0377. The second kappa shape index (κ2) is 6.94. The molecule has 2 saturated carbocycles. The highest BCUT2D eigenvalue weighted by molar-refractivity contribution is 5.73. The van der Waals surface area contributed by atoms with Crippen molar-refractivity contribution < 1.29 is 19.0 Å². The third-order valence-electron chi connectivity index (χ3n) is 7.67. The summed E-state index contributed by atoms with van der Waals surface area (Å²) in [5, 5.41) is 3.33. The maximum atomic E-state index is 12.0. The van der Waals surface area contributed by atoms with Crippen LogP contribution in [-0.4, -0.2) is 32.3 Å². The fraction of sp³-hybridized carbons (Fsp3) is 0.696. The van der Waals surface area contributed by atoms with Crippen LogP contribution in [0.25, 0.3) is 0 Å². The van der Waals surface area contributed by atoms with Crippen LogP contribution in [0.4, 0.5) is 0 Å². The SMILES string of the molecule is CCOc1ccc([C@H]2OCCC34C[C@@H](C[C@H]23)C(C)(C)[C@H]4NC(C)=O)cc1OC. The Morgan fingerprint density at radius 2 is 2.11 bits per heavy atom. The highest BCUT2D eigenvalue weighted by Crippen LogP contribution is 2.70. The molecule has 1 unspecified atom stereocenters. The lowest BCUT2D eigenvalue weighted by atomic mass is 9.59. The van der Waals surface area contributed by atoms with Gasteiger partial charge < -0.3 is 19.5 Å². The van der Waals surface area contributed by atoms with Crippen molar-refractivity contribution in [2.24, 2.45) is 22.7 Å². The zero-order chi connectivity index (χ0) is 20.1. The maximum absolute atomic E-state index is 12.0. The topological polar surface area (TPSA) is 56.8 Å². The van der Waals surface area contributed by atoms with E-state index in [-0.39, 0.29) is 28.9 Å². The molecule has 1 heterocycles. The Hall–Kier alpha value is -1.75. The van der Waals surface area contributed by atoms with Gasteiger partial charge in [0.15, 0.2) is 11.5 Å². The summed E-state index contributed by atoms with van der Waals surface area (Å²) >= 11 is 0. The summed E-state index contributed by atoms with van der Waals surface area (Å²) in [7, 11) is 1.68. The lowest BCUT2D eigenvalue weighted by Crippen LogP contribution is -2.58. The minimum absolute atomic E-state index is 0.0377. The van der Waals surface area contributed by atoms with Gasteiger partial charge in [-0.3, -0.25) is 4.79 Å². The van der Waals surface area contributed by atoms with Crippen molar-refractivity contribution >= 4 is 5.91 Å². The van der Waals surface area contributed by atoms with Crippen molar-refractivity contribution in [1.82, 2.24) is 5.32 Å².